The van der Waals surface area contributed by atoms with Gasteiger partial charge in [0, 0.05) is 0 Å². The van der Waals surface area contributed by atoms with Crippen LogP contribution in [0.3, 0.4) is 0 Å². The summed E-state index contributed by atoms with van der Waals surface area (Å²) < 4.78 is 5.57. The Balaban J connectivity index is 2.25. The number of rotatable bonds is 6. The van der Waals surface area contributed by atoms with Crippen molar-refractivity contribution in [3.63, 3.8) is 0 Å². The van der Waals surface area contributed by atoms with Crippen LogP contribution in [0.2, 0.25) is 0 Å². The Labute approximate surface area is 152 Å². The lowest BCUT2D eigenvalue weighted by Crippen LogP contribution is -2.42. The van der Waals surface area contributed by atoms with E-state index in [1.54, 1.807) is 36.4 Å². The number of likely N-dealkylation sites (N-methyl/N-ethyl adjacent to an activating group) is 1. The Kier molecular flexibility index (Phi) is 6.24. The lowest BCUT2D eigenvalue weighted by molar-refractivity contribution is -0.141. The van der Waals surface area contributed by atoms with Gasteiger partial charge in [0.25, 0.3) is 0 Å². The Morgan fingerprint density at radius 3 is 2.35 bits per heavy atom. The third-order valence-electron chi connectivity index (χ3n) is 3.69. The zero-order valence-electron chi connectivity index (χ0n) is 15.4. The molecule has 0 bridgehead atoms. The number of hydrogen-bond acceptors (Lipinski definition) is 8. The van der Waals surface area contributed by atoms with Crippen LogP contribution in [-0.4, -0.2) is 36.0 Å². The van der Waals surface area contributed by atoms with Crippen LogP contribution in [0.5, 0.6) is 5.75 Å². The fourth-order valence-corrected chi connectivity index (χ4v) is 2.55. The summed E-state index contributed by atoms with van der Waals surface area (Å²) in [6.07, 6.45) is 0. The highest BCUT2D eigenvalue weighted by Crippen LogP contribution is 2.31. The first kappa shape index (κ1) is 19.3. The van der Waals surface area contributed by atoms with E-state index >= 15 is 0 Å². The average molecular weight is 356 g/mol. The summed E-state index contributed by atoms with van der Waals surface area (Å²) in [6, 6.07) is 9.76. The Hall–Kier alpha value is -3.00. The minimum Gasteiger partial charge on any atom is -0.423 e. The molecule has 138 valence electrons. The molecule has 1 atom stereocenters. The molecule has 1 aromatic heterocycles. The van der Waals surface area contributed by atoms with Gasteiger partial charge in [0.15, 0.2) is 11.6 Å². The monoisotopic (exact) mass is 356 g/mol. The fourth-order valence-electron chi connectivity index (χ4n) is 2.55. The first-order valence-corrected chi connectivity index (χ1v) is 8.20. The maximum atomic E-state index is 12.5. The molecule has 0 spiro atoms. The number of para-hydroxylation sites is 1. The van der Waals surface area contributed by atoms with E-state index in [9.17, 15) is 4.79 Å². The molecular weight excluding hydrogens is 332 g/mol. The van der Waals surface area contributed by atoms with Crippen molar-refractivity contribution in [3.8, 4) is 5.75 Å². The lowest BCUT2D eigenvalue weighted by Gasteiger charge is -2.25. The van der Waals surface area contributed by atoms with Gasteiger partial charge in [-0.1, -0.05) is 26.0 Å². The normalized spacial score (nSPS) is 12.7. The van der Waals surface area contributed by atoms with Gasteiger partial charge in [-0.15, -0.1) is 10.2 Å². The van der Waals surface area contributed by atoms with Crippen molar-refractivity contribution in [1.29, 1.82) is 0 Å². The SMILES string of the molecule is CC(C)[C@H](C(=O)Oc1ccccc1/N=N/c1ccc(N)nc1N)N(C)C. The molecule has 0 unspecified atom stereocenters. The zero-order valence-corrected chi connectivity index (χ0v) is 15.4. The second-order valence-corrected chi connectivity index (χ2v) is 6.38. The second kappa shape index (κ2) is 8.39. The molecular formula is C18H24N6O2. The molecule has 0 saturated heterocycles. The standard InChI is InChI=1S/C18H24N6O2/c1-11(2)16(24(3)4)18(25)26-14-8-6-5-7-12(14)22-23-13-9-10-15(19)21-17(13)20/h5-11,16H,1-4H3,(H4,19,20,21)/b23-22+/t16-/m1/s1. The summed E-state index contributed by atoms with van der Waals surface area (Å²) in [4.78, 5) is 18.3. The predicted octanol–water partition coefficient (Wildman–Crippen LogP) is 3.15. The summed E-state index contributed by atoms with van der Waals surface area (Å²) >= 11 is 0. The number of nitrogen functional groups attached to an aromatic ring is 2. The van der Waals surface area contributed by atoms with Gasteiger partial charge in [0.1, 0.15) is 23.2 Å². The highest BCUT2D eigenvalue weighted by Gasteiger charge is 2.27. The molecule has 0 amide bonds. The molecule has 2 rings (SSSR count). The van der Waals surface area contributed by atoms with Crippen LogP contribution in [-0.2, 0) is 4.79 Å². The van der Waals surface area contributed by atoms with E-state index in [1.807, 2.05) is 32.8 Å². The molecule has 1 aromatic carbocycles. The average Bonchev–Trinajstić information content (AvgIpc) is 2.54. The summed E-state index contributed by atoms with van der Waals surface area (Å²) in [5, 5.41) is 8.22. The summed E-state index contributed by atoms with van der Waals surface area (Å²) in [5.41, 5.74) is 12.1. The number of benzene rings is 1. The van der Waals surface area contributed by atoms with Gasteiger partial charge in [-0.3, -0.25) is 4.90 Å². The summed E-state index contributed by atoms with van der Waals surface area (Å²) in [5.74, 6) is 0.568. The topological polar surface area (TPSA) is 119 Å². The van der Waals surface area contributed by atoms with Crippen molar-refractivity contribution >= 4 is 29.0 Å². The van der Waals surface area contributed by atoms with E-state index in [1.165, 1.54) is 0 Å². The van der Waals surface area contributed by atoms with Crippen LogP contribution in [0.4, 0.5) is 23.0 Å². The number of carbonyl (C=O) groups is 1. The van der Waals surface area contributed by atoms with E-state index in [0.29, 0.717) is 22.9 Å². The first-order valence-electron chi connectivity index (χ1n) is 8.20. The van der Waals surface area contributed by atoms with Crippen molar-refractivity contribution < 1.29 is 9.53 Å². The van der Waals surface area contributed by atoms with Crippen LogP contribution in [0.25, 0.3) is 0 Å². The van der Waals surface area contributed by atoms with Gasteiger partial charge in [-0.25, -0.2) is 9.78 Å². The van der Waals surface area contributed by atoms with Crippen molar-refractivity contribution in [2.75, 3.05) is 25.6 Å². The molecule has 0 aliphatic carbocycles. The van der Waals surface area contributed by atoms with Crippen molar-refractivity contribution in [3.05, 3.63) is 36.4 Å². The molecule has 1 heterocycles. The second-order valence-electron chi connectivity index (χ2n) is 6.38. The quantitative estimate of drug-likeness (QED) is 0.466. The molecule has 8 nitrogen and oxygen atoms in total. The van der Waals surface area contributed by atoms with Crippen LogP contribution >= 0.6 is 0 Å². The highest BCUT2D eigenvalue weighted by molar-refractivity contribution is 5.79. The zero-order chi connectivity index (χ0) is 19.3. The largest absolute Gasteiger partial charge is 0.423 e. The van der Waals surface area contributed by atoms with Gasteiger partial charge in [-0.2, -0.15) is 0 Å². The number of esters is 1. The third-order valence-corrected chi connectivity index (χ3v) is 3.69. The molecule has 0 saturated carbocycles. The van der Waals surface area contributed by atoms with Gasteiger partial charge in [0.2, 0.25) is 0 Å². The van der Waals surface area contributed by atoms with Crippen molar-refractivity contribution in [2.45, 2.75) is 19.9 Å². The maximum Gasteiger partial charge on any atom is 0.329 e. The number of ether oxygens (including phenoxy) is 1. The smallest absolute Gasteiger partial charge is 0.329 e. The Morgan fingerprint density at radius 1 is 1.08 bits per heavy atom. The summed E-state index contributed by atoms with van der Waals surface area (Å²) in [6.45, 7) is 3.93. The van der Waals surface area contributed by atoms with Crippen molar-refractivity contribution in [2.24, 2.45) is 16.1 Å². The van der Waals surface area contributed by atoms with Gasteiger partial charge in [-0.05, 0) is 44.3 Å². The van der Waals surface area contributed by atoms with Crippen LogP contribution in [0, 0.1) is 5.92 Å². The fraction of sp³-hybridized carbons (Fsp3) is 0.333. The van der Waals surface area contributed by atoms with E-state index in [4.69, 9.17) is 16.2 Å². The molecule has 2 aromatic rings. The number of pyridine rings is 1. The molecule has 0 radical (unpaired) electrons. The van der Waals surface area contributed by atoms with E-state index < -0.39 is 0 Å². The first-order chi connectivity index (χ1) is 12.3. The minimum absolute atomic E-state index is 0.104. The van der Waals surface area contributed by atoms with Gasteiger partial charge >= 0.3 is 5.97 Å². The number of aromatic nitrogens is 1. The van der Waals surface area contributed by atoms with E-state index in [-0.39, 0.29) is 23.7 Å². The van der Waals surface area contributed by atoms with E-state index in [0.717, 1.165) is 0 Å². The lowest BCUT2D eigenvalue weighted by atomic mass is 10.0. The number of carbonyl (C=O) groups excluding carboxylic acids is 1. The predicted molar refractivity (Wildman–Crippen MR) is 102 cm³/mol. The third kappa shape index (κ3) is 4.76. The molecule has 0 fully saturated rings. The van der Waals surface area contributed by atoms with Crippen LogP contribution in [0.15, 0.2) is 46.6 Å². The molecule has 0 aliphatic heterocycles. The maximum absolute atomic E-state index is 12.5. The highest BCUT2D eigenvalue weighted by atomic mass is 16.5. The van der Waals surface area contributed by atoms with Gasteiger partial charge in [0.05, 0.1) is 0 Å². The molecule has 4 N–H and O–H groups in total. The van der Waals surface area contributed by atoms with E-state index in [2.05, 4.69) is 15.2 Å². The number of hydrogen-bond donors (Lipinski definition) is 2. The Bertz CT molecular complexity index is 796. The van der Waals surface area contributed by atoms with Gasteiger partial charge < -0.3 is 16.2 Å². The van der Waals surface area contributed by atoms with Crippen molar-refractivity contribution in [1.82, 2.24) is 9.88 Å². The number of anilines is 2. The molecule has 8 heteroatoms. The van der Waals surface area contributed by atoms with Crippen LogP contribution < -0.4 is 16.2 Å². The van der Waals surface area contributed by atoms with Crippen LogP contribution in [0.1, 0.15) is 13.8 Å². The number of azo groups is 1. The summed E-state index contributed by atoms with van der Waals surface area (Å²) in [7, 11) is 3.68. The molecule has 0 aliphatic rings. The molecule has 26 heavy (non-hydrogen) atoms. The number of nitrogens with zero attached hydrogens (tertiary/aromatic N) is 4. The number of nitrogens with two attached hydrogens (primary N) is 2. The minimum atomic E-state index is -0.364. The Morgan fingerprint density at radius 2 is 1.73 bits per heavy atom.